The monoisotopic (exact) mass is 439 g/mol. The van der Waals surface area contributed by atoms with E-state index in [4.69, 9.17) is 23.2 Å². The number of phenolic OH excluding ortho intramolecular Hbond substituents is 1. The van der Waals surface area contributed by atoms with E-state index in [1.807, 2.05) is 13.0 Å². The van der Waals surface area contributed by atoms with Crippen molar-refractivity contribution in [2.75, 3.05) is 0 Å². The van der Waals surface area contributed by atoms with Crippen LogP contribution in [0.25, 0.3) is 10.9 Å². The molecule has 0 radical (unpaired) electrons. The highest BCUT2D eigenvalue weighted by molar-refractivity contribution is 9.10. The van der Waals surface area contributed by atoms with Crippen LogP contribution in [-0.2, 0) is 6.42 Å². The van der Waals surface area contributed by atoms with Gasteiger partial charge in [-0.1, -0.05) is 46.1 Å². The molecule has 0 saturated heterocycles. The topological polar surface area (TPSA) is 67.5 Å². The van der Waals surface area contributed by atoms with Crippen LogP contribution in [0.4, 0.5) is 0 Å². The minimum atomic E-state index is -0.268. The number of nitrogens with zero attached hydrogens (tertiary/aromatic N) is 3. The van der Waals surface area contributed by atoms with Gasteiger partial charge in [0.1, 0.15) is 5.82 Å². The third-order valence-corrected chi connectivity index (χ3v) is 4.62. The molecular weight excluding hydrogens is 429 g/mol. The van der Waals surface area contributed by atoms with E-state index in [-0.39, 0.29) is 21.4 Å². The number of aromatic nitrogens is 2. The molecule has 2 aromatic carbocycles. The highest BCUT2D eigenvalue weighted by Gasteiger charge is 2.10. The highest BCUT2D eigenvalue weighted by Crippen LogP contribution is 2.32. The third-order valence-electron chi connectivity index (χ3n) is 3.55. The fourth-order valence-electron chi connectivity index (χ4n) is 2.33. The number of hydrogen-bond donors (Lipinski definition) is 1. The van der Waals surface area contributed by atoms with E-state index in [0.29, 0.717) is 28.7 Å². The lowest BCUT2D eigenvalue weighted by Gasteiger charge is -2.08. The summed E-state index contributed by atoms with van der Waals surface area (Å²) in [5, 5.41) is 14.5. The Labute approximate surface area is 161 Å². The summed E-state index contributed by atoms with van der Waals surface area (Å²) in [4.78, 5) is 17.3. The van der Waals surface area contributed by atoms with Gasteiger partial charge in [-0.2, -0.15) is 9.78 Å². The van der Waals surface area contributed by atoms with Gasteiger partial charge in [0, 0.05) is 10.9 Å². The zero-order valence-electron chi connectivity index (χ0n) is 13.0. The molecule has 0 saturated carbocycles. The minimum Gasteiger partial charge on any atom is -0.505 e. The van der Waals surface area contributed by atoms with Crippen LogP contribution in [0.3, 0.4) is 0 Å². The van der Waals surface area contributed by atoms with E-state index < -0.39 is 0 Å². The first kappa shape index (κ1) is 17.9. The number of rotatable bonds is 3. The normalized spacial score (nSPS) is 11.5. The molecule has 8 heteroatoms. The van der Waals surface area contributed by atoms with Crippen LogP contribution < -0.4 is 5.56 Å². The van der Waals surface area contributed by atoms with E-state index in [1.54, 1.807) is 12.1 Å². The minimum absolute atomic E-state index is 0.109. The zero-order chi connectivity index (χ0) is 18.1. The van der Waals surface area contributed by atoms with Crippen molar-refractivity contribution in [2.24, 2.45) is 5.10 Å². The van der Waals surface area contributed by atoms with Crippen molar-refractivity contribution in [3.8, 4) is 5.75 Å². The van der Waals surface area contributed by atoms with Crippen molar-refractivity contribution in [3.63, 3.8) is 0 Å². The molecule has 0 spiro atoms. The second-order valence-electron chi connectivity index (χ2n) is 5.24. The van der Waals surface area contributed by atoms with Crippen LogP contribution in [0, 0.1) is 0 Å². The molecule has 128 valence electrons. The molecule has 3 aromatic rings. The Morgan fingerprint density at radius 3 is 2.60 bits per heavy atom. The first-order valence-corrected chi connectivity index (χ1v) is 8.89. The molecule has 0 atom stereocenters. The first-order chi connectivity index (χ1) is 11.9. The SMILES string of the molecule is CCc1nc2ccc(Br)cc2c(=O)n1N=Cc1cc(Cl)c(O)c(Cl)c1. The van der Waals surface area contributed by atoms with Crippen LogP contribution in [0.2, 0.25) is 10.0 Å². The number of halogens is 3. The fraction of sp³-hybridized carbons (Fsp3) is 0.118. The summed E-state index contributed by atoms with van der Waals surface area (Å²) in [6, 6.07) is 8.35. The van der Waals surface area contributed by atoms with Gasteiger partial charge in [-0.05, 0) is 35.9 Å². The van der Waals surface area contributed by atoms with Crippen LogP contribution in [0.5, 0.6) is 5.75 Å². The molecule has 0 bridgehead atoms. The Morgan fingerprint density at radius 1 is 1.28 bits per heavy atom. The Kier molecular flexibility index (Phi) is 5.13. The predicted octanol–water partition coefficient (Wildman–Crippen LogP) is 4.62. The first-order valence-electron chi connectivity index (χ1n) is 7.34. The lowest BCUT2D eigenvalue weighted by Crippen LogP contribution is -2.22. The maximum Gasteiger partial charge on any atom is 0.282 e. The average Bonchev–Trinajstić information content (AvgIpc) is 2.59. The van der Waals surface area contributed by atoms with Crippen molar-refractivity contribution in [2.45, 2.75) is 13.3 Å². The third kappa shape index (κ3) is 3.56. The van der Waals surface area contributed by atoms with E-state index >= 15 is 0 Å². The Morgan fingerprint density at radius 2 is 1.96 bits per heavy atom. The summed E-state index contributed by atoms with van der Waals surface area (Å²) in [5.74, 6) is 0.344. The molecule has 0 aliphatic carbocycles. The maximum atomic E-state index is 12.8. The van der Waals surface area contributed by atoms with Crippen LogP contribution in [0.1, 0.15) is 18.3 Å². The van der Waals surface area contributed by atoms with Crippen LogP contribution in [0.15, 0.2) is 44.7 Å². The summed E-state index contributed by atoms with van der Waals surface area (Å²) in [7, 11) is 0. The second-order valence-corrected chi connectivity index (χ2v) is 6.97. The molecular formula is C17H12BrCl2N3O2. The van der Waals surface area contributed by atoms with Crippen LogP contribution in [-0.4, -0.2) is 21.0 Å². The standard InChI is InChI=1S/C17H12BrCl2N3O2/c1-2-15-22-14-4-3-10(18)7-11(14)17(25)23(15)21-8-9-5-12(19)16(24)13(20)6-9/h3-8,24H,2H2,1H3. The number of fused-ring (bicyclic) bond motifs is 1. The van der Waals surface area contributed by atoms with Crippen molar-refractivity contribution >= 4 is 56.2 Å². The number of aromatic hydroxyl groups is 1. The summed E-state index contributed by atoms with van der Waals surface area (Å²) in [5.41, 5.74) is 0.902. The van der Waals surface area contributed by atoms with E-state index in [9.17, 15) is 9.90 Å². The van der Waals surface area contributed by atoms with Gasteiger partial charge in [0.25, 0.3) is 5.56 Å². The van der Waals surface area contributed by atoms with Gasteiger partial charge in [-0.25, -0.2) is 4.98 Å². The molecule has 0 fully saturated rings. The van der Waals surface area contributed by atoms with Crippen molar-refractivity contribution in [3.05, 3.63) is 66.6 Å². The van der Waals surface area contributed by atoms with E-state index in [1.165, 1.54) is 23.0 Å². The molecule has 3 rings (SSSR count). The summed E-state index contributed by atoms with van der Waals surface area (Å²) in [6.07, 6.45) is 1.99. The number of hydrogen-bond acceptors (Lipinski definition) is 4. The zero-order valence-corrected chi connectivity index (χ0v) is 16.1. The van der Waals surface area contributed by atoms with Gasteiger partial charge < -0.3 is 5.11 Å². The largest absolute Gasteiger partial charge is 0.505 e. The lowest BCUT2D eigenvalue weighted by molar-refractivity contribution is 0.476. The molecule has 5 nitrogen and oxygen atoms in total. The smallest absolute Gasteiger partial charge is 0.282 e. The van der Waals surface area contributed by atoms with Gasteiger partial charge in [0.05, 0.1) is 27.2 Å². The average molecular weight is 441 g/mol. The summed E-state index contributed by atoms with van der Waals surface area (Å²) < 4.78 is 2.04. The van der Waals surface area contributed by atoms with Crippen molar-refractivity contribution in [1.82, 2.24) is 9.66 Å². The van der Waals surface area contributed by atoms with E-state index in [2.05, 4.69) is 26.0 Å². The summed E-state index contributed by atoms with van der Waals surface area (Å²) in [6.45, 7) is 1.90. The van der Waals surface area contributed by atoms with Gasteiger partial charge >= 0.3 is 0 Å². The Bertz CT molecular complexity index is 1040. The lowest BCUT2D eigenvalue weighted by atomic mass is 10.2. The number of phenols is 1. The summed E-state index contributed by atoms with van der Waals surface area (Å²) >= 11 is 15.2. The Balaban J connectivity index is 2.15. The molecule has 25 heavy (non-hydrogen) atoms. The molecule has 0 aliphatic rings. The molecule has 0 aliphatic heterocycles. The maximum absolute atomic E-state index is 12.8. The van der Waals surface area contributed by atoms with E-state index in [0.717, 1.165) is 4.47 Å². The Hall–Kier alpha value is -1.89. The molecule has 1 aromatic heterocycles. The molecule has 1 N–H and O–H groups in total. The van der Waals surface area contributed by atoms with Gasteiger partial charge in [-0.3, -0.25) is 4.79 Å². The highest BCUT2D eigenvalue weighted by atomic mass is 79.9. The van der Waals surface area contributed by atoms with Crippen LogP contribution >= 0.6 is 39.1 Å². The molecule has 1 heterocycles. The van der Waals surface area contributed by atoms with Crippen molar-refractivity contribution < 1.29 is 5.11 Å². The van der Waals surface area contributed by atoms with Crippen molar-refractivity contribution in [1.29, 1.82) is 0 Å². The molecule has 0 amide bonds. The predicted molar refractivity (Wildman–Crippen MR) is 104 cm³/mol. The van der Waals surface area contributed by atoms with Gasteiger partial charge in [0.15, 0.2) is 5.75 Å². The second kappa shape index (κ2) is 7.15. The quantitative estimate of drug-likeness (QED) is 0.604. The fourth-order valence-corrected chi connectivity index (χ4v) is 3.19. The van der Waals surface area contributed by atoms with Gasteiger partial charge in [0.2, 0.25) is 0 Å². The van der Waals surface area contributed by atoms with Gasteiger partial charge in [-0.15, -0.1) is 0 Å². The molecule has 0 unspecified atom stereocenters. The number of benzene rings is 2. The number of aryl methyl sites for hydroxylation is 1.